The number of nitrogens with one attached hydrogen (secondary N) is 1. The zero-order valence-electron chi connectivity index (χ0n) is 10.1. The summed E-state index contributed by atoms with van der Waals surface area (Å²) in [6, 6.07) is 5.89. The van der Waals surface area contributed by atoms with Crippen molar-refractivity contribution < 1.29 is 0 Å². The van der Waals surface area contributed by atoms with E-state index in [-0.39, 0.29) is 0 Å². The van der Waals surface area contributed by atoms with Crippen molar-refractivity contribution in [1.29, 1.82) is 0 Å². The molecule has 1 aromatic heterocycles. The Labute approximate surface area is 106 Å². The molecule has 0 bridgehead atoms. The van der Waals surface area contributed by atoms with Gasteiger partial charge in [0.1, 0.15) is 0 Å². The van der Waals surface area contributed by atoms with Gasteiger partial charge < -0.3 is 5.32 Å². The molecule has 0 fully saturated rings. The van der Waals surface area contributed by atoms with Crippen molar-refractivity contribution in [2.75, 3.05) is 11.9 Å². The molecule has 0 radical (unpaired) electrons. The molecule has 17 heavy (non-hydrogen) atoms. The molecule has 1 N–H and O–H groups in total. The molecule has 0 spiro atoms. The van der Waals surface area contributed by atoms with E-state index in [1.165, 1.54) is 0 Å². The highest BCUT2D eigenvalue weighted by molar-refractivity contribution is 6.31. The number of aromatic nitrogens is 2. The van der Waals surface area contributed by atoms with Crippen molar-refractivity contribution in [1.82, 2.24) is 9.55 Å². The third-order valence-electron chi connectivity index (χ3n) is 2.67. The number of halogens is 1. The lowest BCUT2D eigenvalue weighted by Crippen LogP contribution is -2.07. The number of nitrogens with zero attached hydrogens (tertiary/aromatic N) is 2. The van der Waals surface area contributed by atoms with E-state index in [9.17, 15) is 0 Å². The Morgan fingerprint density at radius 1 is 1.41 bits per heavy atom. The fourth-order valence-corrected chi connectivity index (χ4v) is 1.89. The second-order valence-electron chi connectivity index (χ2n) is 3.93. The van der Waals surface area contributed by atoms with Crippen LogP contribution in [0.15, 0.2) is 30.6 Å². The summed E-state index contributed by atoms with van der Waals surface area (Å²) in [5, 5.41) is 4.07. The molecule has 0 aliphatic rings. The van der Waals surface area contributed by atoms with Gasteiger partial charge >= 0.3 is 0 Å². The molecule has 2 rings (SSSR count). The van der Waals surface area contributed by atoms with Gasteiger partial charge in [0.05, 0.1) is 5.69 Å². The van der Waals surface area contributed by atoms with Crippen LogP contribution >= 0.6 is 11.6 Å². The third kappa shape index (κ3) is 2.44. The predicted molar refractivity (Wildman–Crippen MR) is 72.1 cm³/mol. The van der Waals surface area contributed by atoms with Crippen molar-refractivity contribution in [3.05, 3.63) is 41.2 Å². The second-order valence-corrected chi connectivity index (χ2v) is 4.34. The molecule has 0 saturated heterocycles. The molecule has 0 amide bonds. The van der Waals surface area contributed by atoms with Crippen molar-refractivity contribution in [3.8, 4) is 5.69 Å². The van der Waals surface area contributed by atoms with Gasteiger partial charge in [0.15, 0.2) is 0 Å². The van der Waals surface area contributed by atoms with E-state index in [1.807, 2.05) is 35.9 Å². The molecule has 2 aromatic rings. The summed E-state index contributed by atoms with van der Waals surface area (Å²) in [7, 11) is 0. The van der Waals surface area contributed by atoms with E-state index in [1.54, 1.807) is 6.20 Å². The maximum Gasteiger partial charge on any atom is 0.207 e. The maximum atomic E-state index is 6.13. The molecular weight excluding hydrogens is 234 g/mol. The van der Waals surface area contributed by atoms with Crippen molar-refractivity contribution >= 4 is 17.5 Å². The molecule has 0 atom stereocenters. The first-order chi connectivity index (χ1) is 8.24. The van der Waals surface area contributed by atoms with Crippen LogP contribution in [0.2, 0.25) is 5.02 Å². The van der Waals surface area contributed by atoms with Gasteiger partial charge in [-0.1, -0.05) is 24.6 Å². The monoisotopic (exact) mass is 249 g/mol. The van der Waals surface area contributed by atoms with Crippen LogP contribution in [-0.4, -0.2) is 16.1 Å². The van der Waals surface area contributed by atoms with Gasteiger partial charge in [-0.25, -0.2) is 4.98 Å². The standard InChI is InChI=1S/C13H16ClN3/c1-3-7-15-13-16-8-9-17(13)12-6-4-5-11(14)10(12)2/h4-6,8-9H,3,7H2,1-2H3,(H,15,16). The molecule has 1 aromatic carbocycles. The zero-order valence-corrected chi connectivity index (χ0v) is 10.8. The fourth-order valence-electron chi connectivity index (χ4n) is 1.72. The van der Waals surface area contributed by atoms with E-state index in [4.69, 9.17) is 11.6 Å². The Hall–Kier alpha value is -1.48. The van der Waals surface area contributed by atoms with Crippen LogP contribution in [0.4, 0.5) is 5.95 Å². The third-order valence-corrected chi connectivity index (χ3v) is 3.08. The summed E-state index contributed by atoms with van der Waals surface area (Å²) in [4.78, 5) is 4.31. The fraction of sp³-hybridized carbons (Fsp3) is 0.308. The molecule has 0 aliphatic heterocycles. The van der Waals surface area contributed by atoms with Gasteiger partial charge in [-0.3, -0.25) is 4.57 Å². The lowest BCUT2D eigenvalue weighted by molar-refractivity contribution is 0.934. The average Bonchev–Trinajstić information content (AvgIpc) is 2.78. The van der Waals surface area contributed by atoms with E-state index >= 15 is 0 Å². The number of anilines is 1. The summed E-state index contributed by atoms with van der Waals surface area (Å²) in [5.74, 6) is 0.859. The van der Waals surface area contributed by atoms with Gasteiger partial charge in [0.2, 0.25) is 5.95 Å². The van der Waals surface area contributed by atoms with Gasteiger partial charge in [0.25, 0.3) is 0 Å². The van der Waals surface area contributed by atoms with Crippen LogP contribution in [0.5, 0.6) is 0 Å². The largest absolute Gasteiger partial charge is 0.355 e. The van der Waals surface area contributed by atoms with E-state index in [0.29, 0.717) is 0 Å². The summed E-state index contributed by atoms with van der Waals surface area (Å²) < 4.78 is 2.02. The van der Waals surface area contributed by atoms with Crippen LogP contribution in [0, 0.1) is 6.92 Å². The van der Waals surface area contributed by atoms with E-state index in [2.05, 4.69) is 17.2 Å². The zero-order chi connectivity index (χ0) is 12.3. The summed E-state index contributed by atoms with van der Waals surface area (Å²) >= 11 is 6.13. The Morgan fingerprint density at radius 3 is 3.00 bits per heavy atom. The smallest absolute Gasteiger partial charge is 0.207 e. The second kappa shape index (κ2) is 5.23. The quantitative estimate of drug-likeness (QED) is 0.896. The van der Waals surface area contributed by atoms with Gasteiger partial charge in [0, 0.05) is 24.0 Å². The minimum absolute atomic E-state index is 0.776. The number of rotatable bonds is 4. The average molecular weight is 250 g/mol. The highest BCUT2D eigenvalue weighted by Gasteiger charge is 2.08. The molecule has 90 valence electrons. The molecular formula is C13H16ClN3. The Morgan fingerprint density at radius 2 is 2.24 bits per heavy atom. The first-order valence-corrected chi connectivity index (χ1v) is 6.14. The molecule has 0 saturated carbocycles. The Bertz CT molecular complexity index is 505. The van der Waals surface area contributed by atoms with E-state index in [0.717, 1.165) is 35.2 Å². The molecule has 4 heteroatoms. The maximum absolute atomic E-state index is 6.13. The molecule has 1 heterocycles. The minimum Gasteiger partial charge on any atom is -0.355 e. The van der Waals surface area contributed by atoms with Crippen molar-refractivity contribution in [2.45, 2.75) is 20.3 Å². The van der Waals surface area contributed by atoms with Crippen molar-refractivity contribution in [2.24, 2.45) is 0 Å². The summed E-state index contributed by atoms with van der Waals surface area (Å²) in [6.07, 6.45) is 4.80. The minimum atomic E-state index is 0.776. The normalized spacial score (nSPS) is 10.5. The van der Waals surface area contributed by atoms with Crippen LogP contribution in [0.3, 0.4) is 0 Å². The number of imidazole rings is 1. The van der Waals surface area contributed by atoms with Gasteiger partial charge in [-0.2, -0.15) is 0 Å². The predicted octanol–water partition coefficient (Wildman–Crippen LogP) is 3.66. The van der Waals surface area contributed by atoms with Crippen LogP contribution in [0.25, 0.3) is 5.69 Å². The SMILES string of the molecule is CCCNc1nccn1-c1cccc(Cl)c1C. The number of hydrogen-bond acceptors (Lipinski definition) is 2. The van der Waals surface area contributed by atoms with E-state index < -0.39 is 0 Å². The van der Waals surface area contributed by atoms with Crippen LogP contribution < -0.4 is 5.32 Å². The van der Waals surface area contributed by atoms with Crippen LogP contribution in [-0.2, 0) is 0 Å². The number of benzene rings is 1. The lowest BCUT2D eigenvalue weighted by Gasteiger charge is -2.12. The summed E-state index contributed by atoms with van der Waals surface area (Å²) in [6.45, 7) is 5.06. The summed E-state index contributed by atoms with van der Waals surface area (Å²) in [5.41, 5.74) is 2.13. The Balaban J connectivity index is 2.39. The molecule has 0 unspecified atom stereocenters. The first kappa shape index (κ1) is 12.0. The highest BCUT2D eigenvalue weighted by atomic mass is 35.5. The molecule has 3 nitrogen and oxygen atoms in total. The number of hydrogen-bond donors (Lipinski definition) is 1. The van der Waals surface area contributed by atoms with Crippen molar-refractivity contribution in [3.63, 3.8) is 0 Å². The van der Waals surface area contributed by atoms with Crippen LogP contribution in [0.1, 0.15) is 18.9 Å². The van der Waals surface area contributed by atoms with Gasteiger partial charge in [-0.15, -0.1) is 0 Å². The lowest BCUT2D eigenvalue weighted by atomic mass is 10.2. The molecule has 0 aliphatic carbocycles. The first-order valence-electron chi connectivity index (χ1n) is 5.76. The highest BCUT2D eigenvalue weighted by Crippen LogP contribution is 2.24. The van der Waals surface area contributed by atoms with Gasteiger partial charge in [-0.05, 0) is 31.0 Å². The Kier molecular flexibility index (Phi) is 3.69. The topological polar surface area (TPSA) is 29.9 Å².